The van der Waals surface area contributed by atoms with Gasteiger partial charge in [-0.05, 0) is 12.1 Å². The minimum Gasteiger partial charge on any atom is -0.497 e. The van der Waals surface area contributed by atoms with Crippen molar-refractivity contribution >= 4 is 40.7 Å². The third-order valence-electron chi connectivity index (χ3n) is 2.30. The molecule has 4 N–H and O–H groups in total. The Balaban J connectivity index is 2.35. The Morgan fingerprint density at radius 3 is 2.74 bits per heavy atom. The zero-order chi connectivity index (χ0) is 13.8. The van der Waals surface area contributed by atoms with Gasteiger partial charge in [0.2, 0.25) is 5.95 Å². The van der Waals surface area contributed by atoms with Crippen molar-refractivity contribution in [3.63, 3.8) is 0 Å². The first-order valence-electron chi connectivity index (χ1n) is 5.23. The molecule has 0 bridgehead atoms. The fourth-order valence-electron chi connectivity index (χ4n) is 1.38. The van der Waals surface area contributed by atoms with Gasteiger partial charge in [0, 0.05) is 6.07 Å². The molecule has 0 saturated carbocycles. The lowest BCUT2D eigenvalue weighted by Gasteiger charge is -2.11. The zero-order valence-corrected chi connectivity index (χ0v) is 11.5. The molecule has 0 unspecified atom stereocenters. The number of anilines is 3. The van der Waals surface area contributed by atoms with E-state index in [1.54, 1.807) is 25.3 Å². The van der Waals surface area contributed by atoms with Gasteiger partial charge in [0.15, 0.2) is 5.82 Å². The topological polar surface area (TPSA) is 85.1 Å². The number of halogens is 2. The molecular weight excluding hydrogens is 289 g/mol. The SMILES string of the molecule is COc1ccc(Cl)c(Nc2nc(NN)ncc2Cl)c1. The normalized spacial score (nSPS) is 10.1. The first-order valence-corrected chi connectivity index (χ1v) is 5.99. The summed E-state index contributed by atoms with van der Waals surface area (Å²) < 4.78 is 5.13. The predicted octanol–water partition coefficient (Wildman–Crippen LogP) is 2.82. The highest BCUT2D eigenvalue weighted by atomic mass is 35.5. The molecule has 0 aliphatic rings. The largest absolute Gasteiger partial charge is 0.497 e. The second-order valence-corrected chi connectivity index (χ2v) is 4.32. The Morgan fingerprint density at radius 2 is 2.05 bits per heavy atom. The van der Waals surface area contributed by atoms with E-state index in [0.29, 0.717) is 27.3 Å². The summed E-state index contributed by atoms with van der Waals surface area (Å²) in [6.07, 6.45) is 1.43. The molecule has 1 heterocycles. The Labute approximate surface area is 119 Å². The number of nitrogens with two attached hydrogens (primary N) is 1. The monoisotopic (exact) mass is 299 g/mol. The van der Waals surface area contributed by atoms with Gasteiger partial charge in [-0.3, -0.25) is 5.43 Å². The predicted molar refractivity (Wildman–Crippen MR) is 76.1 cm³/mol. The number of hydrogen-bond donors (Lipinski definition) is 3. The lowest BCUT2D eigenvalue weighted by atomic mass is 10.3. The van der Waals surface area contributed by atoms with Crippen LogP contribution in [0.25, 0.3) is 0 Å². The molecule has 0 spiro atoms. The molecule has 2 aromatic rings. The molecule has 0 radical (unpaired) electrons. The van der Waals surface area contributed by atoms with Crippen LogP contribution >= 0.6 is 23.2 Å². The van der Waals surface area contributed by atoms with Crippen molar-refractivity contribution in [2.45, 2.75) is 0 Å². The van der Waals surface area contributed by atoms with E-state index >= 15 is 0 Å². The Morgan fingerprint density at radius 1 is 1.26 bits per heavy atom. The van der Waals surface area contributed by atoms with Crippen molar-refractivity contribution in [2.75, 3.05) is 17.9 Å². The van der Waals surface area contributed by atoms with Crippen molar-refractivity contribution < 1.29 is 4.74 Å². The third-order valence-corrected chi connectivity index (χ3v) is 2.91. The third kappa shape index (κ3) is 3.17. The average molecular weight is 300 g/mol. The molecule has 6 nitrogen and oxygen atoms in total. The summed E-state index contributed by atoms with van der Waals surface area (Å²) in [5.74, 6) is 6.54. The standard InChI is InChI=1S/C11H11Cl2N5O/c1-19-6-2-3-7(12)9(4-6)16-10-8(13)5-15-11(17-10)18-14/h2-5H,14H2,1H3,(H2,15,16,17,18). The van der Waals surface area contributed by atoms with Gasteiger partial charge in [-0.25, -0.2) is 10.8 Å². The van der Waals surface area contributed by atoms with Crippen LogP contribution in [0, 0.1) is 0 Å². The summed E-state index contributed by atoms with van der Waals surface area (Å²) in [6.45, 7) is 0. The number of hydrogen-bond acceptors (Lipinski definition) is 6. The number of methoxy groups -OCH3 is 1. The van der Waals surface area contributed by atoms with E-state index in [-0.39, 0.29) is 5.95 Å². The molecule has 8 heteroatoms. The number of benzene rings is 1. The van der Waals surface area contributed by atoms with E-state index in [2.05, 4.69) is 20.7 Å². The zero-order valence-electron chi connectivity index (χ0n) is 9.95. The first kappa shape index (κ1) is 13.7. The van der Waals surface area contributed by atoms with Crippen LogP contribution < -0.4 is 21.3 Å². The molecule has 0 aliphatic heterocycles. The van der Waals surface area contributed by atoms with Crippen LogP contribution in [0.15, 0.2) is 24.4 Å². The average Bonchev–Trinajstić information content (AvgIpc) is 2.43. The molecule has 0 atom stereocenters. The summed E-state index contributed by atoms with van der Waals surface area (Å²) >= 11 is 12.1. The van der Waals surface area contributed by atoms with Gasteiger partial charge in [-0.15, -0.1) is 0 Å². The second kappa shape index (κ2) is 5.92. The van der Waals surface area contributed by atoms with E-state index in [1.165, 1.54) is 6.20 Å². The fourth-order valence-corrected chi connectivity index (χ4v) is 1.68. The Kier molecular flexibility index (Phi) is 4.26. The molecule has 0 amide bonds. The van der Waals surface area contributed by atoms with Crippen LogP contribution in [0.5, 0.6) is 5.75 Å². The minimum atomic E-state index is 0.242. The molecular formula is C11H11Cl2N5O. The molecule has 0 aliphatic carbocycles. The Hall–Kier alpha value is -1.76. The number of nitrogen functional groups attached to an aromatic ring is 1. The summed E-state index contributed by atoms with van der Waals surface area (Å²) in [7, 11) is 1.57. The highest BCUT2D eigenvalue weighted by molar-refractivity contribution is 6.34. The van der Waals surface area contributed by atoms with E-state index in [4.69, 9.17) is 33.8 Å². The Bertz CT molecular complexity index is 542. The molecule has 100 valence electrons. The summed E-state index contributed by atoms with van der Waals surface area (Å²) in [6, 6.07) is 5.19. The van der Waals surface area contributed by atoms with E-state index in [9.17, 15) is 0 Å². The van der Waals surface area contributed by atoms with Crippen molar-refractivity contribution in [1.82, 2.24) is 9.97 Å². The van der Waals surface area contributed by atoms with E-state index in [0.717, 1.165) is 0 Å². The van der Waals surface area contributed by atoms with Gasteiger partial charge >= 0.3 is 0 Å². The number of hydrazine groups is 1. The van der Waals surface area contributed by atoms with Crippen LogP contribution in [0.4, 0.5) is 17.5 Å². The van der Waals surface area contributed by atoms with Crippen LogP contribution in [-0.2, 0) is 0 Å². The van der Waals surface area contributed by atoms with Crippen LogP contribution in [0.3, 0.4) is 0 Å². The molecule has 2 rings (SSSR count). The maximum absolute atomic E-state index is 6.08. The van der Waals surface area contributed by atoms with Crippen molar-refractivity contribution in [2.24, 2.45) is 5.84 Å². The molecule has 0 saturated heterocycles. The lowest BCUT2D eigenvalue weighted by molar-refractivity contribution is 0.415. The van der Waals surface area contributed by atoms with Crippen molar-refractivity contribution in [1.29, 1.82) is 0 Å². The van der Waals surface area contributed by atoms with Gasteiger partial charge in [0.25, 0.3) is 0 Å². The smallest absolute Gasteiger partial charge is 0.239 e. The van der Waals surface area contributed by atoms with Gasteiger partial charge < -0.3 is 10.1 Å². The van der Waals surface area contributed by atoms with Gasteiger partial charge in [-0.2, -0.15) is 4.98 Å². The lowest BCUT2D eigenvalue weighted by Crippen LogP contribution is -2.11. The number of nitrogens with one attached hydrogen (secondary N) is 2. The molecule has 0 fully saturated rings. The van der Waals surface area contributed by atoms with Crippen LogP contribution in [-0.4, -0.2) is 17.1 Å². The number of rotatable bonds is 4. The molecule has 1 aromatic carbocycles. The van der Waals surface area contributed by atoms with Gasteiger partial charge in [0.1, 0.15) is 10.8 Å². The highest BCUT2D eigenvalue weighted by Gasteiger charge is 2.08. The maximum Gasteiger partial charge on any atom is 0.239 e. The van der Waals surface area contributed by atoms with Gasteiger partial charge in [0.05, 0.1) is 24.0 Å². The summed E-state index contributed by atoms with van der Waals surface area (Å²) in [5.41, 5.74) is 2.95. The first-order chi connectivity index (χ1) is 9.13. The van der Waals surface area contributed by atoms with E-state index in [1.807, 2.05) is 0 Å². The number of nitrogens with zero attached hydrogens (tertiary/aromatic N) is 2. The maximum atomic E-state index is 6.08. The van der Waals surface area contributed by atoms with E-state index < -0.39 is 0 Å². The van der Waals surface area contributed by atoms with Crippen molar-refractivity contribution in [3.05, 3.63) is 34.4 Å². The minimum absolute atomic E-state index is 0.242. The molecule has 1 aromatic heterocycles. The second-order valence-electron chi connectivity index (χ2n) is 3.51. The summed E-state index contributed by atoms with van der Waals surface area (Å²) in [5, 5.41) is 3.86. The fraction of sp³-hybridized carbons (Fsp3) is 0.0909. The molecule has 19 heavy (non-hydrogen) atoms. The number of ether oxygens (including phenoxy) is 1. The highest BCUT2D eigenvalue weighted by Crippen LogP contribution is 2.31. The van der Waals surface area contributed by atoms with Crippen LogP contribution in [0.2, 0.25) is 10.0 Å². The quantitative estimate of drug-likeness (QED) is 0.594. The van der Waals surface area contributed by atoms with Crippen LogP contribution in [0.1, 0.15) is 0 Å². The van der Waals surface area contributed by atoms with Crippen molar-refractivity contribution in [3.8, 4) is 5.75 Å². The number of aromatic nitrogens is 2. The van der Waals surface area contributed by atoms with Gasteiger partial charge in [-0.1, -0.05) is 23.2 Å². The summed E-state index contributed by atoms with van der Waals surface area (Å²) in [4.78, 5) is 7.97.